The fourth-order valence-corrected chi connectivity index (χ4v) is 3.74. The van der Waals surface area contributed by atoms with E-state index in [1.54, 1.807) is 0 Å². The Labute approximate surface area is 148 Å². The molecule has 25 heavy (non-hydrogen) atoms. The minimum absolute atomic E-state index is 0.0891. The van der Waals surface area contributed by atoms with E-state index in [0.717, 1.165) is 43.4 Å². The van der Waals surface area contributed by atoms with Gasteiger partial charge in [-0.3, -0.25) is 19.8 Å². The minimum Gasteiger partial charge on any atom is -0.335 e. The highest BCUT2D eigenvalue weighted by Gasteiger charge is 2.50. The first kappa shape index (κ1) is 19.2. The second kappa shape index (κ2) is 8.31. The fraction of sp³-hybridized carbons (Fsp3) is 0.765. The third kappa shape index (κ3) is 4.49. The van der Waals surface area contributed by atoms with Crippen molar-refractivity contribution in [2.24, 2.45) is 0 Å². The summed E-state index contributed by atoms with van der Waals surface area (Å²) >= 11 is 0. The highest BCUT2D eigenvalue weighted by molar-refractivity contribution is 6.10. The Kier molecular flexibility index (Phi) is 6.39. The smallest absolute Gasteiger partial charge is 0.325 e. The predicted octanol–water partition coefficient (Wildman–Crippen LogP) is 1.65. The van der Waals surface area contributed by atoms with Gasteiger partial charge in [0.05, 0.1) is 0 Å². The van der Waals surface area contributed by atoms with E-state index >= 15 is 0 Å². The summed E-state index contributed by atoms with van der Waals surface area (Å²) in [6.07, 6.45) is 6.51. The van der Waals surface area contributed by atoms with E-state index in [0.29, 0.717) is 12.8 Å². The molecule has 3 N–H and O–H groups in total. The molecule has 1 aliphatic carbocycles. The first-order valence-corrected chi connectivity index (χ1v) is 9.16. The molecule has 2 rings (SSSR count). The van der Waals surface area contributed by atoms with Crippen LogP contribution in [0.4, 0.5) is 9.59 Å². The Morgan fingerprint density at radius 3 is 2.32 bits per heavy atom. The molecule has 0 aromatic carbocycles. The number of hydrogen-bond donors (Lipinski definition) is 3. The maximum atomic E-state index is 12.7. The molecule has 1 aliphatic heterocycles. The summed E-state index contributed by atoms with van der Waals surface area (Å²) in [4.78, 5) is 49.6. The molecule has 8 nitrogen and oxygen atoms in total. The molecule has 0 aromatic heterocycles. The van der Waals surface area contributed by atoms with E-state index in [-0.39, 0.29) is 11.9 Å². The quantitative estimate of drug-likeness (QED) is 0.605. The van der Waals surface area contributed by atoms with E-state index < -0.39 is 30.1 Å². The molecule has 8 heteroatoms. The van der Waals surface area contributed by atoms with Gasteiger partial charge in [-0.15, -0.1) is 0 Å². The van der Waals surface area contributed by atoms with Gasteiger partial charge in [-0.25, -0.2) is 9.59 Å². The van der Waals surface area contributed by atoms with Crippen LogP contribution < -0.4 is 16.0 Å². The van der Waals surface area contributed by atoms with Crippen molar-refractivity contribution in [2.75, 3.05) is 6.54 Å². The van der Waals surface area contributed by atoms with Crippen molar-refractivity contribution in [1.29, 1.82) is 0 Å². The second-order valence-electron chi connectivity index (χ2n) is 6.91. The molecule has 2 aliphatic rings. The summed E-state index contributed by atoms with van der Waals surface area (Å²) in [6, 6.07) is -1.05. The molecule has 6 amide bonds. The lowest BCUT2D eigenvalue weighted by atomic mass is 9.88. The van der Waals surface area contributed by atoms with Crippen LogP contribution in [0.1, 0.15) is 65.2 Å². The lowest BCUT2D eigenvalue weighted by Crippen LogP contribution is -2.49. The van der Waals surface area contributed by atoms with Crippen molar-refractivity contribution in [1.82, 2.24) is 20.9 Å². The standard InChI is InChI=1S/C17H28N4O4/c1-3-9-17(10-4-2)14(23)21(16(25)20-17)11-13(22)19-15(24)18-12-7-5-6-8-12/h12H,3-11H2,1-2H3,(H,20,25)(H2,18,19,22,24). The maximum absolute atomic E-state index is 12.7. The lowest BCUT2D eigenvalue weighted by molar-refractivity contribution is -0.135. The average Bonchev–Trinajstić information content (AvgIpc) is 3.11. The van der Waals surface area contributed by atoms with Crippen LogP contribution in [0.3, 0.4) is 0 Å². The van der Waals surface area contributed by atoms with Gasteiger partial charge in [-0.1, -0.05) is 39.5 Å². The zero-order valence-electron chi connectivity index (χ0n) is 15.0. The molecular weight excluding hydrogens is 324 g/mol. The summed E-state index contributed by atoms with van der Waals surface area (Å²) in [5, 5.41) is 7.69. The van der Waals surface area contributed by atoms with Gasteiger partial charge < -0.3 is 10.6 Å². The highest BCUT2D eigenvalue weighted by Crippen LogP contribution is 2.27. The molecule has 140 valence electrons. The molecule has 0 radical (unpaired) electrons. The number of carbonyl (C=O) groups is 4. The van der Waals surface area contributed by atoms with Crippen molar-refractivity contribution >= 4 is 23.9 Å². The van der Waals surface area contributed by atoms with Crippen LogP contribution in [0.5, 0.6) is 0 Å². The Morgan fingerprint density at radius 1 is 1.16 bits per heavy atom. The highest BCUT2D eigenvalue weighted by atomic mass is 16.2. The minimum atomic E-state index is -0.924. The Bertz CT molecular complexity index is 537. The van der Waals surface area contributed by atoms with Crippen molar-refractivity contribution in [3.63, 3.8) is 0 Å². The Hall–Kier alpha value is -2.12. The third-order valence-electron chi connectivity index (χ3n) is 4.84. The van der Waals surface area contributed by atoms with Crippen molar-refractivity contribution < 1.29 is 19.2 Å². The first-order chi connectivity index (χ1) is 11.9. The van der Waals surface area contributed by atoms with Gasteiger partial charge in [-0.05, 0) is 25.7 Å². The van der Waals surface area contributed by atoms with E-state index in [1.165, 1.54) is 0 Å². The number of hydrogen-bond acceptors (Lipinski definition) is 4. The van der Waals surface area contributed by atoms with Crippen LogP contribution in [-0.4, -0.2) is 46.9 Å². The van der Waals surface area contributed by atoms with Crippen LogP contribution in [0.2, 0.25) is 0 Å². The maximum Gasteiger partial charge on any atom is 0.325 e. The molecule has 1 saturated carbocycles. The van der Waals surface area contributed by atoms with Crippen LogP contribution in [0, 0.1) is 0 Å². The van der Waals surface area contributed by atoms with Gasteiger partial charge >= 0.3 is 12.1 Å². The SMILES string of the molecule is CCCC1(CCC)NC(=O)N(CC(=O)NC(=O)NC2CCCC2)C1=O. The fourth-order valence-electron chi connectivity index (χ4n) is 3.74. The van der Waals surface area contributed by atoms with Gasteiger partial charge in [0.1, 0.15) is 12.1 Å². The molecule has 0 spiro atoms. The largest absolute Gasteiger partial charge is 0.335 e. The van der Waals surface area contributed by atoms with Crippen LogP contribution >= 0.6 is 0 Å². The van der Waals surface area contributed by atoms with Gasteiger partial charge in [0.25, 0.3) is 5.91 Å². The van der Waals surface area contributed by atoms with E-state index in [9.17, 15) is 19.2 Å². The third-order valence-corrected chi connectivity index (χ3v) is 4.84. The van der Waals surface area contributed by atoms with Gasteiger partial charge in [0.2, 0.25) is 5.91 Å². The van der Waals surface area contributed by atoms with Crippen LogP contribution in [0.25, 0.3) is 0 Å². The van der Waals surface area contributed by atoms with Gasteiger partial charge in [0, 0.05) is 6.04 Å². The Balaban J connectivity index is 1.92. The second-order valence-corrected chi connectivity index (χ2v) is 6.91. The van der Waals surface area contributed by atoms with Crippen LogP contribution in [-0.2, 0) is 9.59 Å². The summed E-state index contributed by atoms with van der Waals surface area (Å²) in [5.41, 5.74) is -0.924. The first-order valence-electron chi connectivity index (χ1n) is 9.16. The molecule has 1 heterocycles. The molecule has 0 aromatic rings. The number of carbonyl (C=O) groups excluding carboxylic acids is 4. The summed E-state index contributed by atoms with van der Waals surface area (Å²) in [7, 11) is 0. The zero-order valence-corrected chi connectivity index (χ0v) is 15.0. The average molecular weight is 352 g/mol. The van der Waals surface area contributed by atoms with Crippen molar-refractivity contribution in [2.45, 2.75) is 76.8 Å². The monoisotopic (exact) mass is 352 g/mol. The molecular formula is C17H28N4O4. The summed E-state index contributed by atoms with van der Waals surface area (Å²) in [5.74, 6) is -1.05. The number of rotatable bonds is 7. The van der Waals surface area contributed by atoms with E-state index in [1.807, 2.05) is 13.8 Å². The van der Waals surface area contributed by atoms with Crippen molar-refractivity contribution in [3.8, 4) is 0 Å². The molecule has 2 fully saturated rings. The van der Waals surface area contributed by atoms with Crippen LogP contribution in [0.15, 0.2) is 0 Å². The normalized spacial score (nSPS) is 19.8. The summed E-state index contributed by atoms with van der Waals surface area (Å²) < 4.78 is 0. The topological polar surface area (TPSA) is 108 Å². The Morgan fingerprint density at radius 2 is 1.76 bits per heavy atom. The molecule has 1 saturated heterocycles. The number of imide groups is 2. The summed E-state index contributed by atoms with van der Waals surface area (Å²) in [6.45, 7) is 3.44. The molecule has 0 bridgehead atoms. The zero-order chi connectivity index (χ0) is 18.4. The number of nitrogens with one attached hydrogen (secondary N) is 3. The van der Waals surface area contributed by atoms with Crippen molar-refractivity contribution in [3.05, 3.63) is 0 Å². The van der Waals surface area contributed by atoms with Gasteiger partial charge in [0.15, 0.2) is 0 Å². The van der Waals surface area contributed by atoms with E-state index in [4.69, 9.17) is 0 Å². The molecule has 0 unspecified atom stereocenters. The van der Waals surface area contributed by atoms with Gasteiger partial charge in [-0.2, -0.15) is 0 Å². The number of urea groups is 2. The number of nitrogens with zero attached hydrogens (tertiary/aromatic N) is 1. The lowest BCUT2D eigenvalue weighted by Gasteiger charge is -2.25. The predicted molar refractivity (Wildman–Crippen MR) is 91.7 cm³/mol. The number of amides is 6. The molecule has 0 atom stereocenters. The van der Waals surface area contributed by atoms with E-state index in [2.05, 4.69) is 16.0 Å².